The molecule has 0 aliphatic carbocycles. The van der Waals surface area contributed by atoms with Crippen molar-refractivity contribution in [1.29, 1.82) is 5.41 Å². The summed E-state index contributed by atoms with van der Waals surface area (Å²) in [6.45, 7) is 7.26. The van der Waals surface area contributed by atoms with Crippen molar-refractivity contribution in [3.63, 3.8) is 0 Å². The molecule has 1 atom stereocenters. The maximum Gasteiger partial charge on any atom is 0.0974 e. The van der Waals surface area contributed by atoms with Crippen LogP contribution in [0.1, 0.15) is 58.1 Å². The predicted molar refractivity (Wildman–Crippen MR) is 119 cm³/mol. The number of nitrogens with zero attached hydrogens (tertiary/aromatic N) is 4. The Morgan fingerprint density at radius 1 is 1.38 bits per heavy atom. The standard InChI is InChI=1S/C22H34N6O/c1-5-8-17(3)28-15-19(14-25-28)22-21(9-6-2)27(4)16-20(26-22)18(12-23)13-24-10-7-11-29/h9,12-17,23-24,29H,5-8,10-11H2,1-4H3/b18-13+,21-9-,23-12?/t17-/m0/s1. The van der Waals surface area contributed by atoms with Crippen LogP contribution in [0.2, 0.25) is 0 Å². The first kappa shape index (κ1) is 22.6. The van der Waals surface area contributed by atoms with Gasteiger partial charge in [0.05, 0.1) is 23.3 Å². The molecule has 0 amide bonds. The minimum atomic E-state index is 0.139. The van der Waals surface area contributed by atoms with Crippen molar-refractivity contribution in [2.45, 2.75) is 52.5 Å². The number of aliphatic hydroxyl groups is 1. The molecular formula is C22H34N6O. The number of rotatable bonds is 11. The van der Waals surface area contributed by atoms with Gasteiger partial charge in [-0.05, 0) is 26.2 Å². The number of nitrogens with one attached hydrogen (secondary N) is 2. The van der Waals surface area contributed by atoms with Crippen molar-refractivity contribution in [3.8, 4) is 0 Å². The van der Waals surface area contributed by atoms with Crippen molar-refractivity contribution >= 4 is 11.9 Å². The third kappa shape index (κ3) is 5.90. The molecule has 0 saturated carbocycles. The summed E-state index contributed by atoms with van der Waals surface area (Å²) >= 11 is 0. The van der Waals surface area contributed by atoms with Gasteiger partial charge in [-0.2, -0.15) is 5.10 Å². The van der Waals surface area contributed by atoms with Crippen molar-refractivity contribution in [3.05, 3.63) is 53.4 Å². The molecule has 0 unspecified atom stereocenters. The van der Waals surface area contributed by atoms with Gasteiger partial charge >= 0.3 is 0 Å². The zero-order chi connectivity index (χ0) is 21.2. The number of hydrogen-bond acceptors (Lipinski definition) is 6. The molecule has 0 bridgehead atoms. The molecule has 1 aliphatic heterocycles. The maximum atomic E-state index is 8.93. The van der Waals surface area contributed by atoms with Crippen LogP contribution < -0.4 is 5.32 Å². The largest absolute Gasteiger partial charge is 0.396 e. The van der Waals surface area contributed by atoms with Crippen LogP contribution >= 0.6 is 0 Å². The number of aliphatic hydroxyl groups excluding tert-OH is 1. The fourth-order valence-corrected chi connectivity index (χ4v) is 3.22. The van der Waals surface area contributed by atoms with Crippen LogP contribution in [0.5, 0.6) is 0 Å². The molecule has 1 aromatic rings. The highest BCUT2D eigenvalue weighted by Gasteiger charge is 2.22. The Hall–Kier alpha value is -2.67. The summed E-state index contributed by atoms with van der Waals surface area (Å²) < 4.78 is 2.01. The van der Waals surface area contributed by atoms with E-state index in [1.807, 2.05) is 24.1 Å². The SMILES string of the molecule is CC/C=C1/C(c2cnn([C@@H](C)CCC)c2)=NC(/C(C=N)=C/NCCCO)=CN1C. The average Bonchev–Trinajstić information content (AvgIpc) is 3.20. The van der Waals surface area contributed by atoms with E-state index in [1.165, 1.54) is 6.21 Å². The third-order valence-electron chi connectivity index (χ3n) is 4.79. The van der Waals surface area contributed by atoms with Crippen molar-refractivity contribution in [1.82, 2.24) is 20.0 Å². The molecule has 0 aromatic carbocycles. The highest BCUT2D eigenvalue weighted by Crippen LogP contribution is 2.25. The van der Waals surface area contributed by atoms with Gasteiger partial charge in [0.2, 0.25) is 0 Å². The summed E-state index contributed by atoms with van der Waals surface area (Å²) in [6, 6.07) is 0.344. The second-order valence-electron chi connectivity index (χ2n) is 7.21. The summed E-state index contributed by atoms with van der Waals surface area (Å²) in [5.41, 5.74) is 4.29. The molecule has 2 rings (SSSR count). The number of aromatic nitrogens is 2. The van der Waals surface area contributed by atoms with Gasteiger partial charge in [-0.25, -0.2) is 4.99 Å². The van der Waals surface area contributed by atoms with E-state index in [2.05, 4.69) is 48.4 Å². The minimum absolute atomic E-state index is 0.139. The van der Waals surface area contributed by atoms with Gasteiger partial charge < -0.3 is 20.7 Å². The van der Waals surface area contributed by atoms with E-state index in [0.717, 1.165) is 41.9 Å². The van der Waals surface area contributed by atoms with E-state index in [-0.39, 0.29) is 6.61 Å². The number of allylic oxidation sites excluding steroid dienone is 3. The van der Waals surface area contributed by atoms with Gasteiger partial charge in [-0.1, -0.05) is 26.3 Å². The Bertz CT molecular complexity index is 802. The number of aliphatic imine (C=N–C) groups is 1. The molecule has 1 aromatic heterocycles. The highest BCUT2D eigenvalue weighted by atomic mass is 16.3. The Kier molecular flexibility index (Phi) is 8.86. The van der Waals surface area contributed by atoms with Gasteiger partial charge in [-0.15, -0.1) is 0 Å². The van der Waals surface area contributed by atoms with E-state index in [0.29, 0.717) is 24.6 Å². The summed E-state index contributed by atoms with van der Waals surface area (Å²) in [5, 5.41) is 24.4. The van der Waals surface area contributed by atoms with Crippen LogP contribution in [0.25, 0.3) is 0 Å². The molecule has 0 fully saturated rings. The van der Waals surface area contributed by atoms with Crippen LogP contribution in [0.4, 0.5) is 0 Å². The first-order valence-corrected chi connectivity index (χ1v) is 10.4. The average molecular weight is 399 g/mol. The quantitative estimate of drug-likeness (QED) is 0.392. The van der Waals surface area contributed by atoms with Crippen LogP contribution in [0.15, 0.2) is 52.8 Å². The Morgan fingerprint density at radius 3 is 2.83 bits per heavy atom. The lowest BCUT2D eigenvalue weighted by Crippen LogP contribution is -2.24. The van der Waals surface area contributed by atoms with Crippen molar-refractivity contribution in [2.24, 2.45) is 4.99 Å². The monoisotopic (exact) mass is 398 g/mol. The summed E-state index contributed by atoms with van der Waals surface area (Å²) in [4.78, 5) is 6.95. The number of likely N-dealkylation sites (N-methyl/N-ethyl adjacent to an activating group) is 1. The van der Waals surface area contributed by atoms with Gasteiger partial charge in [0, 0.05) is 62.2 Å². The highest BCUT2D eigenvalue weighted by molar-refractivity contribution is 6.13. The molecular weight excluding hydrogens is 364 g/mol. The predicted octanol–water partition coefficient (Wildman–Crippen LogP) is 3.62. The Labute approximate surface area is 174 Å². The Morgan fingerprint density at radius 2 is 2.17 bits per heavy atom. The molecule has 29 heavy (non-hydrogen) atoms. The number of hydrogen-bond donors (Lipinski definition) is 3. The topological polar surface area (TPSA) is 89.5 Å². The van der Waals surface area contributed by atoms with Gasteiger partial charge in [-0.3, -0.25) is 4.68 Å². The smallest absolute Gasteiger partial charge is 0.0974 e. The van der Waals surface area contributed by atoms with E-state index >= 15 is 0 Å². The summed E-state index contributed by atoms with van der Waals surface area (Å²) in [7, 11) is 2.00. The van der Waals surface area contributed by atoms with Crippen LogP contribution in [-0.4, -0.2) is 51.9 Å². The molecule has 0 spiro atoms. The lowest BCUT2D eigenvalue weighted by atomic mass is 10.1. The normalized spacial score (nSPS) is 17.2. The molecule has 7 nitrogen and oxygen atoms in total. The van der Waals surface area contributed by atoms with E-state index in [1.54, 1.807) is 6.20 Å². The van der Waals surface area contributed by atoms with E-state index in [9.17, 15) is 0 Å². The molecule has 7 heteroatoms. The minimum Gasteiger partial charge on any atom is -0.396 e. The molecule has 2 heterocycles. The van der Waals surface area contributed by atoms with Gasteiger partial charge in [0.1, 0.15) is 0 Å². The van der Waals surface area contributed by atoms with E-state index < -0.39 is 0 Å². The summed E-state index contributed by atoms with van der Waals surface area (Å²) in [6.07, 6.45) is 14.9. The van der Waals surface area contributed by atoms with Crippen LogP contribution in [0, 0.1) is 5.41 Å². The van der Waals surface area contributed by atoms with Crippen molar-refractivity contribution in [2.75, 3.05) is 20.2 Å². The fraction of sp³-hybridized carbons (Fsp3) is 0.500. The van der Waals surface area contributed by atoms with Gasteiger partial charge in [0.15, 0.2) is 0 Å². The molecule has 0 saturated heterocycles. The molecule has 1 aliphatic rings. The fourth-order valence-electron chi connectivity index (χ4n) is 3.22. The first-order chi connectivity index (χ1) is 14.0. The van der Waals surface area contributed by atoms with Gasteiger partial charge in [0.25, 0.3) is 0 Å². The maximum absolute atomic E-state index is 8.93. The van der Waals surface area contributed by atoms with Crippen molar-refractivity contribution < 1.29 is 5.11 Å². The first-order valence-electron chi connectivity index (χ1n) is 10.4. The van der Waals surface area contributed by atoms with Crippen LogP contribution in [0.3, 0.4) is 0 Å². The molecule has 3 N–H and O–H groups in total. The van der Waals surface area contributed by atoms with Crippen LogP contribution in [-0.2, 0) is 0 Å². The molecule has 0 radical (unpaired) electrons. The summed E-state index contributed by atoms with van der Waals surface area (Å²) in [5.74, 6) is 0. The van der Waals surface area contributed by atoms with E-state index in [4.69, 9.17) is 15.5 Å². The lowest BCUT2D eigenvalue weighted by molar-refractivity contribution is 0.288. The second kappa shape index (κ2) is 11.4. The second-order valence-corrected chi connectivity index (χ2v) is 7.21. The zero-order valence-electron chi connectivity index (χ0n) is 18.0. The zero-order valence-corrected chi connectivity index (χ0v) is 18.0. The third-order valence-corrected chi connectivity index (χ3v) is 4.79. The lowest BCUT2D eigenvalue weighted by Gasteiger charge is -2.26. The molecule has 158 valence electrons. The Balaban J connectivity index is 2.39.